The van der Waals surface area contributed by atoms with Crippen LogP contribution < -0.4 is 10.5 Å². The molecule has 0 amide bonds. The number of hydrogen-bond acceptors (Lipinski definition) is 3. The number of thiophene rings is 1. The summed E-state index contributed by atoms with van der Waals surface area (Å²) < 4.78 is 6.18. The van der Waals surface area contributed by atoms with Gasteiger partial charge in [0.05, 0.1) is 22.0 Å². The molecule has 0 fully saturated rings. The molecule has 0 aliphatic heterocycles. The highest BCUT2D eigenvalue weighted by Crippen LogP contribution is 2.33. The van der Waals surface area contributed by atoms with Gasteiger partial charge in [0.1, 0.15) is 5.75 Å². The average Bonchev–Trinajstić information content (AvgIpc) is 2.75. The first-order valence-corrected chi connectivity index (χ1v) is 6.95. The molecule has 2 rings (SSSR count). The molecule has 1 unspecified atom stereocenters. The standard InChI is InChI=1S/C12H11BrClNOS/c1-16-9-3-2-7(6-8(9)14)12(15)10-4-5-11(13)17-10/h2-6,12H,15H2,1H3. The van der Waals surface area contributed by atoms with Crippen LogP contribution in [0.5, 0.6) is 5.75 Å². The van der Waals surface area contributed by atoms with Crippen LogP contribution in [0.15, 0.2) is 34.1 Å². The van der Waals surface area contributed by atoms with E-state index in [2.05, 4.69) is 15.9 Å². The summed E-state index contributed by atoms with van der Waals surface area (Å²) in [6.45, 7) is 0. The van der Waals surface area contributed by atoms with Crippen molar-refractivity contribution in [3.63, 3.8) is 0 Å². The Morgan fingerprint density at radius 2 is 2.12 bits per heavy atom. The summed E-state index contributed by atoms with van der Waals surface area (Å²) >= 11 is 11.1. The van der Waals surface area contributed by atoms with E-state index in [9.17, 15) is 0 Å². The number of ether oxygens (including phenoxy) is 1. The van der Waals surface area contributed by atoms with Gasteiger partial charge in [0.25, 0.3) is 0 Å². The van der Waals surface area contributed by atoms with Crippen molar-refractivity contribution in [2.75, 3.05) is 7.11 Å². The van der Waals surface area contributed by atoms with E-state index < -0.39 is 0 Å². The zero-order chi connectivity index (χ0) is 12.4. The van der Waals surface area contributed by atoms with Gasteiger partial charge >= 0.3 is 0 Å². The third kappa shape index (κ3) is 2.83. The quantitative estimate of drug-likeness (QED) is 0.913. The lowest BCUT2D eigenvalue weighted by molar-refractivity contribution is 0.415. The topological polar surface area (TPSA) is 35.2 Å². The van der Waals surface area contributed by atoms with Crippen molar-refractivity contribution >= 4 is 38.9 Å². The molecule has 1 atom stereocenters. The molecule has 0 aliphatic rings. The highest BCUT2D eigenvalue weighted by Gasteiger charge is 2.13. The summed E-state index contributed by atoms with van der Waals surface area (Å²) in [6, 6.07) is 9.46. The molecule has 2 nitrogen and oxygen atoms in total. The normalized spacial score (nSPS) is 12.5. The second-order valence-electron chi connectivity index (χ2n) is 3.51. The van der Waals surface area contributed by atoms with E-state index in [-0.39, 0.29) is 6.04 Å². The zero-order valence-corrected chi connectivity index (χ0v) is 12.3. The largest absolute Gasteiger partial charge is 0.495 e. The molecule has 1 aromatic heterocycles. The Bertz CT molecular complexity index is 529. The molecule has 2 N–H and O–H groups in total. The summed E-state index contributed by atoms with van der Waals surface area (Å²) in [7, 11) is 1.59. The van der Waals surface area contributed by atoms with Crippen molar-refractivity contribution in [2.24, 2.45) is 5.73 Å². The number of hydrogen-bond donors (Lipinski definition) is 1. The SMILES string of the molecule is COc1ccc(C(N)c2ccc(Br)s2)cc1Cl. The Labute approximate surface area is 117 Å². The summed E-state index contributed by atoms with van der Waals surface area (Å²) in [5, 5.41) is 0.580. The first-order chi connectivity index (χ1) is 8.11. The number of methoxy groups -OCH3 is 1. The maximum atomic E-state index is 6.18. The summed E-state index contributed by atoms with van der Waals surface area (Å²) in [5.74, 6) is 0.662. The van der Waals surface area contributed by atoms with Gasteiger partial charge in [0, 0.05) is 4.88 Å². The third-order valence-corrected chi connectivity index (χ3v) is 4.44. The number of nitrogens with two attached hydrogens (primary N) is 1. The van der Waals surface area contributed by atoms with Gasteiger partial charge < -0.3 is 10.5 Å². The molecule has 0 spiro atoms. The summed E-state index contributed by atoms with van der Waals surface area (Å²) in [4.78, 5) is 1.10. The fourth-order valence-electron chi connectivity index (χ4n) is 1.54. The summed E-state index contributed by atoms with van der Waals surface area (Å²) in [5.41, 5.74) is 7.16. The van der Waals surface area contributed by atoms with E-state index in [1.54, 1.807) is 18.4 Å². The Balaban J connectivity index is 2.31. The molecule has 0 saturated heterocycles. The molecule has 0 bridgehead atoms. The van der Waals surface area contributed by atoms with Crippen LogP contribution in [-0.4, -0.2) is 7.11 Å². The zero-order valence-electron chi connectivity index (χ0n) is 9.11. The van der Waals surface area contributed by atoms with Crippen LogP contribution in [0.25, 0.3) is 0 Å². The lowest BCUT2D eigenvalue weighted by Crippen LogP contribution is -2.10. The van der Waals surface area contributed by atoms with Crippen molar-refractivity contribution in [3.8, 4) is 5.75 Å². The maximum Gasteiger partial charge on any atom is 0.137 e. The van der Waals surface area contributed by atoms with E-state index in [0.717, 1.165) is 14.2 Å². The minimum atomic E-state index is -0.158. The highest BCUT2D eigenvalue weighted by molar-refractivity contribution is 9.11. The fourth-order valence-corrected chi connectivity index (χ4v) is 3.26. The molecule has 0 radical (unpaired) electrons. The minimum Gasteiger partial charge on any atom is -0.495 e. The molecule has 0 aliphatic carbocycles. The third-order valence-electron chi connectivity index (χ3n) is 2.44. The molecular weight excluding hydrogens is 322 g/mol. The molecule has 0 saturated carbocycles. The van der Waals surface area contributed by atoms with Crippen LogP contribution in [-0.2, 0) is 0 Å². The van der Waals surface area contributed by atoms with E-state index in [0.29, 0.717) is 10.8 Å². The lowest BCUT2D eigenvalue weighted by atomic mass is 10.1. The van der Waals surface area contributed by atoms with Gasteiger partial charge in [0.2, 0.25) is 0 Å². The molecular formula is C12H11BrClNOS. The second kappa shape index (κ2) is 5.40. The fraction of sp³-hybridized carbons (Fsp3) is 0.167. The van der Waals surface area contributed by atoms with E-state index in [1.807, 2.05) is 30.3 Å². The Morgan fingerprint density at radius 1 is 1.35 bits per heavy atom. The van der Waals surface area contributed by atoms with E-state index >= 15 is 0 Å². The Morgan fingerprint density at radius 3 is 2.65 bits per heavy atom. The van der Waals surface area contributed by atoms with Crippen LogP contribution in [0.1, 0.15) is 16.5 Å². The van der Waals surface area contributed by atoms with Gasteiger partial charge in [-0.2, -0.15) is 0 Å². The highest BCUT2D eigenvalue weighted by atomic mass is 79.9. The van der Waals surface area contributed by atoms with E-state index in [1.165, 1.54) is 0 Å². The van der Waals surface area contributed by atoms with Gasteiger partial charge in [-0.05, 0) is 45.8 Å². The van der Waals surface area contributed by atoms with Crippen LogP contribution in [0.4, 0.5) is 0 Å². The van der Waals surface area contributed by atoms with Crippen molar-refractivity contribution in [3.05, 3.63) is 49.6 Å². The predicted octanol–water partition coefficient (Wildman–Crippen LogP) is 4.22. The van der Waals surface area contributed by atoms with Crippen LogP contribution >= 0.6 is 38.9 Å². The molecule has 5 heteroatoms. The second-order valence-corrected chi connectivity index (χ2v) is 6.42. The van der Waals surface area contributed by atoms with Crippen molar-refractivity contribution in [1.82, 2.24) is 0 Å². The first kappa shape index (κ1) is 12.9. The van der Waals surface area contributed by atoms with Gasteiger partial charge in [-0.3, -0.25) is 0 Å². The van der Waals surface area contributed by atoms with Crippen LogP contribution in [0.3, 0.4) is 0 Å². The van der Waals surface area contributed by atoms with E-state index in [4.69, 9.17) is 22.1 Å². The first-order valence-electron chi connectivity index (χ1n) is 4.96. The number of benzene rings is 1. The Hall–Kier alpha value is -0.550. The number of rotatable bonds is 3. The average molecular weight is 333 g/mol. The Kier molecular flexibility index (Phi) is 4.09. The van der Waals surface area contributed by atoms with Gasteiger partial charge in [-0.15, -0.1) is 11.3 Å². The molecule has 2 aromatic rings. The molecule has 1 aromatic carbocycles. The van der Waals surface area contributed by atoms with Crippen molar-refractivity contribution in [1.29, 1.82) is 0 Å². The molecule has 1 heterocycles. The van der Waals surface area contributed by atoms with Crippen LogP contribution in [0.2, 0.25) is 5.02 Å². The maximum absolute atomic E-state index is 6.18. The smallest absolute Gasteiger partial charge is 0.137 e. The summed E-state index contributed by atoms with van der Waals surface area (Å²) in [6.07, 6.45) is 0. The van der Waals surface area contributed by atoms with Gasteiger partial charge in [-0.1, -0.05) is 17.7 Å². The number of halogens is 2. The van der Waals surface area contributed by atoms with Crippen molar-refractivity contribution < 1.29 is 4.74 Å². The van der Waals surface area contributed by atoms with Crippen LogP contribution in [0, 0.1) is 0 Å². The lowest BCUT2D eigenvalue weighted by Gasteiger charge is -2.11. The van der Waals surface area contributed by atoms with Gasteiger partial charge in [-0.25, -0.2) is 0 Å². The van der Waals surface area contributed by atoms with Gasteiger partial charge in [0.15, 0.2) is 0 Å². The molecule has 90 valence electrons. The van der Waals surface area contributed by atoms with Crippen molar-refractivity contribution in [2.45, 2.75) is 6.04 Å². The monoisotopic (exact) mass is 331 g/mol. The predicted molar refractivity (Wildman–Crippen MR) is 76.1 cm³/mol. The minimum absolute atomic E-state index is 0.158. The molecule has 17 heavy (non-hydrogen) atoms.